The van der Waals surface area contributed by atoms with Crippen molar-refractivity contribution in [2.24, 2.45) is 0 Å². The molecule has 8 heteroatoms. The molecule has 0 spiro atoms. The molecule has 19 heavy (non-hydrogen) atoms. The highest BCUT2D eigenvalue weighted by atomic mass is 35.5. The summed E-state index contributed by atoms with van der Waals surface area (Å²) in [6, 6.07) is 1.22. The van der Waals surface area contributed by atoms with Gasteiger partial charge in [-0.05, 0) is 19.3 Å². The zero-order valence-electron chi connectivity index (χ0n) is 10.2. The molecule has 1 aromatic rings. The molecule has 2 atom stereocenters. The van der Waals surface area contributed by atoms with Gasteiger partial charge in [-0.1, -0.05) is 11.6 Å². The Hall–Kier alpha value is -1.08. The van der Waals surface area contributed by atoms with Gasteiger partial charge in [-0.3, -0.25) is 0 Å². The quantitative estimate of drug-likeness (QED) is 0.870. The van der Waals surface area contributed by atoms with E-state index < -0.39 is 12.0 Å². The summed E-state index contributed by atoms with van der Waals surface area (Å²) in [4.78, 5) is 6.63. The molecule has 0 bridgehead atoms. The van der Waals surface area contributed by atoms with Crippen molar-refractivity contribution in [3.8, 4) is 0 Å². The van der Waals surface area contributed by atoms with Gasteiger partial charge in [0.05, 0.1) is 12.1 Å². The lowest BCUT2D eigenvalue weighted by molar-refractivity contribution is -0.144. The van der Waals surface area contributed by atoms with E-state index in [1.807, 2.05) is 0 Å². The summed E-state index contributed by atoms with van der Waals surface area (Å²) >= 11 is 5.59. The average Bonchev–Trinajstić information content (AvgIpc) is 2.74. The summed E-state index contributed by atoms with van der Waals surface area (Å²) in [5.41, 5.74) is 0. The van der Waals surface area contributed by atoms with Crippen molar-refractivity contribution in [3.05, 3.63) is 17.0 Å². The van der Waals surface area contributed by atoms with E-state index in [2.05, 4.69) is 15.3 Å². The monoisotopic (exact) mass is 295 g/mol. The molecule has 1 N–H and O–H groups in total. The van der Waals surface area contributed by atoms with Gasteiger partial charge in [-0.15, -0.1) is 0 Å². The molecule has 1 saturated carbocycles. The summed E-state index contributed by atoms with van der Waals surface area (Å²) in [7, 11) is 1.58. The lowest BCUT2D eigenvalue weighted by atomic mass is 10.2. The smallest absolute Gasteiger partial charge is 0.379 e. The molecule has 0 amide bonds. The van der Waals surface area contributed by atoms with Crippen LogP contribution in [-0.4, -0.2) is 29.2 Å². The van der Waals surface area contributed by atoms with E-state index >= 15 is 0 Å². The van der Waals surface area contributed by atoms with Crippen LogP contribution in [-0.2, 0) is 10.9 Å². The first-order chi connectivity index (χ1) is 8.90. The van der Waals surface area contributed by atoms with Crippen LogP contribution in [0.2, 0.25) is 5.15 Å². The summed E-state index contributed by atoms with van der Waals surface area (Å²) in [5, 5.41) is 2.70. The molecule has 0 saturated heterocycles. The van der Waals surface area contributed by atoms with Gasteiger partial charge in [0.15, 0.2) is 0 Å². The molecule has 1 aliphatic carbocycles. The maximum absolute atomic E-state index is 12.6. The Morgan fingerprint density at radius 3 is 2.74 bits per heavy atom. The van der Waals surface area contributed by atoms with Crippen molar-refractivity contribution in [1.29, 1.82) is 0 Å². The van der Waals surface area contributed by atoms with Gasteiger partial charge < -0.3 is 10.1 Å². The maximum Gasteiger partial charge on any atom is 0.451 e. The maximum atomic E-state index is 12.6. The molecule has 1 fully saturated rings. The lowest BCUT2D eigenvalue weighted by Crippen LogP contribution is -2.30. The number of nitrogens with one attached hydrogen (secondary N) is 1. The Bertz CT molecular complexity index is 455. The van der Waals surface area contributed by atoms with Crippen LogP contribution in [0.15, 0.2) is 6.07 Å². The Kier molecular flexibility index (Phi) is 4.15. The Labute approximate surface area is 113 Å². The largest absolute Gasteiger partial charge is 0.451 e. The zero-order chi connectivity index (χ0) is 14.0. The third-order valence-electron chi connectivity index (χ3n) is 3.04. The molecule has 2 rings (SSSR count). The van der Waals surface area contributed by atoms with E-state index in [-0.39, 0.29) is 23.1 Å². The first-order valence-electron chi connectivity index (χ1n) is 5.81. The van der Waals surface area contributed by atoms with E-state index in [4.69, 9.17) is 16.3 Å². The minimum absolute atomic E-state index is 0.0249. The zero-order valence-corrected chi connectivity index (χ0v) is 10.9. The molecule has 1 aromatic heterocycles. The number of hydrogen-bond acceptors (Lipinski definition) is 4. The molecule has 106 valence electrons. The number of anilines is 1. The normalized spacial score (nSPS) is 23.6. The third-order valence-corrected chi connectivity index (χ3v) is 3.23. The second-order valence-electron chi connectivity index (χ2n) is 4.35. The predicted octanol–water partition coefficient (Wildman–Crippen LogP) is 3.13. The number of rotatable bonds is 3. The molecule has 1 aliphatic rings. The second kappa shape index (κ2) is 5.50. The first-order valence-corrected chi connectivity index (χ1v) is 6.19. The van der Waals surface area contributed by atoms with Crippen molar-refractivity contribution in [1.82, 2.24) is 9.97 Å². The van der Waals surface area contributed by atoms with Crippen LogP contribution >= 0.6 is 11.6 Å². The van der Waals surface area contributed by atoms with Gasteiger partial charge in [0, 0.05) is 13.2 Å². The van der Waals surface area contributed by atoms with Crippen molar-refractivity contribution in [3.63, 3.8) is 0 Å². The molecule has 2 unspecified atom stereocenters. The van der Waals surface area contributed by atoms with Crippen LogP contribution in [0.4, 0.5) is 19.0 Å². The number of methoxy groups -OCH3 is 1. The summed E-state index contributed by atoms with van der Waals surface area (Å²) in [6.07, 6.45) is -1.98. The van der Waals surface area contributed by atoms with Gasteiger partial charge in [0.2, 0.25) is 5.82 Å². The average molecular weight is 296 g/mol. The number of halogens is 4. The van der Waals surface area contributed by atoms with E-state index in [0.29, 0.717) is 0 Å². The SMILES string of the molecule is COC1CCCC1Nc1cc(Cl)nc(C(F)(F)F)n1. The highest BCUT2D eigenvalue weighted by Gasteiger charge is 2.36. The fourth-order valence-electron chi connectivity index (χ4n) is 2.18. The summed E-state index contributed by atoms with van der Waals surface area (Å²) in [5.74, 6) is -1.17. The van der Waals surface area contributed by atoms with E-state index in [1.54, 1.807) is 7.11 Å². The fourth-order valence-corrected chi connectivity index (χ4v) is 2.36. The molecular formula is C11H13ClF3N3O. The highest BCUT2D eigenvalue weighted by molar-refractivity contribution is 6.29. The molecule has 1 heterocycles. The van der Waals surface area contributed by atoms with Crippen molar-refractivity contribution < 1.29 is 17.9 Å². The minimum Gasteiger partial charge on any atom is -0.379 e. The fraction of sp³-hybridized carbons (Fsp3) is 0.636. The number of nitrogens with zero attached hydrogens (tertiary/aromatic N) is 2. The number of alkyl halides is 3. The second-order valence-corrected chi connectivity index (χ2v) is 4.74. The van der Waals surface area contributed by atoms with Crippen LogP contribution in [0, 0.1) is 0 Å². The van der Waals surface area contributed by atoms with Crippen LogP contribution in [0.1, 0.15) is 25.1 Å². The molecule has 0 aliphatic heterocycles. The molecule has 0 aromatic carbocycles. The van der Waals surface area contributed by atoms with Gasteiger partial charge in [0.1, 0.15) is 11.0 Å². The van der Waals surface area contributed by atoms with Gasteiger partial charge in [0.25, 0.3) is 0 Å². The van der Waals surface area contributed by atoms with Gasteiger partial charge in [-0.25, -0.2) is 9.97 Å². The van der Waals surface area contributed by atoms with Crippen molar-refractivity contribution in [2.45, 2.75) is 37.6 Å². The number of ether oxygens (including phenoxy) is 1. The van der Waals surface area contributed by atoms with E-state index in [1.165, 1.54) is 6.07 Å². The van der Waals surface area contributed by atoms with Crippen molar-refractivity contribution >= 4 is 17.4 Å². The Morgan fingerprint density at radius 1 is 1.37 bits per heavy atom. The van der Waals surface area contributed by atoms with Crippen molar-refractivity contribution in [2.75, 3.05) is 12.4 Å². The molecule has 4 nitrogen and oxygen atoms in total. The molecule has 0 radical (unpaired) electrons. The number of hydrogen-bond donors (Lipinski definition) is 1. The summed E-state index contributed by atoms with van der Waals surface area (Å²) in [6.45, 7) is 0. The van der Waals surface area contributed by atoms with Crippen LogP contribution in [0.3, 0.4) is 0 Å². The summed E-state index contributed by atoms with van der Waals surface area (Å²) < 4.78 is 43.0. The van der Waals surface area contributed by atoms with Crippen LogP contribution in [0.25, 0.3) is 0 Å². The first kappa shape index (κ1) is 14.3. The Morgan fingerprint density at radius 2 is 2.11 bits per heavy atom. The minimum atomic E-state index is -4.61. The standard InChI is InChI=1S/C11H13ClF3N3O/c1-19-7-4-2-3-6(7)16-9-5-8(12)17-10(18-9)11(13,14)15/h5-7H,2-4H2,1H3,(H,16,17,18). The Balaban J connectivity index is 2.18. The third kappa shape index (κ3) is 3.48. The molecular weight excluding hydrogens is 283 g/mol. The topological polar surface area (TPSA) is 47.0 Å². The predicted molar refractivity (Wildman–Crippen MR) is 64.1 cm³/mol. The van der Waals surface area contributed by atoms with E-state index in [9.17, 15) is 13.2 Å². The lowest BCUT2D eigenvalue weighted by Gasteiger charge is -2.20. The number of aromatic nitrogens is 2. The van der Waals surface area contributed by atoms with Gasteiger partial charge in [-0.2, -0.15) is 13.2 Å². The van der Waals surface area contributed by atoms with Crippen LogP contribution < -0.4 is 5.32 Å². The van der Waals surface area contributed by atoms with Gasteiger partial charge >= 0.3 is 6.18 Å². The van der Waals surface area contributed by atoms with Crippen LogP contribution in [0.5, 0.6) is 0 Å². The van der Waals surface area contributed by atoms with E-state index in [0.717, 1.165) is 19.3 Å². The highest BCUT2D eigenvalue weighted by Crippen LogP contribution is 2.30.